The van der Waals surface area contributed by atoms with Crippen molar-refractivity contribution in [3.05, 3.63) is 58.9 Å². The molecule has 0 aliphatic carbocycles. The van der Waals surface area contributed by atoms with E-state index in [4.69, 9.17) is 17.3 Å². The van der Waals surface area contributed by atoms with Gasteiger partial charge in [0.25, 0.3) is 0 Å². The lowest BCUT2D eigenvalue weighted by Crippen LogP contribution is -1.98. The molecule has 0 amide bonds. The quantitative estimate of drug-likeness (QED) is 0.769. The summed E-state index contributed by atoms with van der Waals surface area (Å²) in [5.74, 6) is 1.28. The first-order valence-corrected chi connectivity index (χ1v) is 5.95. The highest BCUT2D eigenvalue weighted by atomic mass is 35.5. The molecule has 2 aromatic heterocycles. The largest absolute Gasteiger partial charge is 0.384 e. The molecule has 3 rings (SSSR count). The Kier molecular flexibility index (Phi) is 2.64. The van der Waals surface area contributed by atoms with Crippen LogP contribution in [0.3, 0.4) is 0 Å². The van der Waals surface area contributed by atoms with Gasteiger partial charge in [0, 0.05) is 11.4 Å². The van der Waals surface area contributed by atoms with Crippen molar-refractivity contribution in [1.82, 2.24) is 14.6 Å². The number of hydrogen-bond acceptors (Lipinski definition) is 3. The van der Waals surface area contributed by atoms with E-state index in [0.717, 1.165) is 16.2 Å². The van der Waals surface area contributed by atoms with Crippen LogP contribution < -0.4 is 5.73 Å². The molecular formula is C13H11ClN4. The van der Waals surface area contributed by atoms with Crippen LogP contribution in [0, 0.1) is 0 Å². The van der Waals surface area contributed by atoms with Crippen LogP contribution in [-0.2, 0) is 6.42 Å². The molecule has 3 aromatic rings. The monoisotopic (exact) mass is 258 g/mol. The van der Waals surface area contributed by atoms with Crippen LogP contribution in [0.2, 0.25) is 5.02 Å². The maximum atomic E-state index is 6.12. The molecule has 4 nitrogen and oxygen atoms in total. The van der Waals surface area contributed by atoms with Gasteiger partial charge in [0.1, 0.15) is 5.82 Å². The molecule has 0 saturated carbocycles. The maximum absolute atomic E-state index is 6.12. The zero-order valence-corrected chi connectivity index (χ0v) is 10.3. The predicted octanol–water partition coefficient (Wildman–Crippen LogP) is 2.56. The van der Waals surface area contributed by atoms with E-state index in [-0.39, 0.29) is 0 Å². The number of aromatic nitrogens is 3. The summed E-state index contributed by atoms with van der Waals surface area (Å²) in [4.78, 5) is 4.42. The molecule has 0 bridgehead atoms. The molecule has 0 saturated heterocycles. The molecule has 0 radical (unpaired) electrons. The Bertz CT molecular complexity index is 705. The average molecular weight is 259 g/mol. The minimum atomic E-state index is 0.574. The lowest BCUT2D eigenvalue weighted by molar-refractivity contribution is 0.908. The van der Waals surface area contributed by atoms with E-state index >= 15 is 0 Å². The van der Waals surface area contributed by atoms with Crippen molar-refractivity contribution in [2.45, 2.75) is 6.42 Å². The molecule has 0 fully saturated rings. The maximum Gasteiger partial charge on any atom is 0.157 e. The van der Waals surface area contributed by atoms with Gasteiger partial charge in [-0.15, -0.1) is 5.10 Å². The molecule has 90 valence electrons. The van der Waals surface area contributed by atoms with Crippen molar-refractivity contribution < 1.29 is 0 Å². The third-order valence-corrected chi connectivity index (χ3v) is 3.11. The predicted molar refractivity (Wildman–Crippen MR) is 71.7 cm³/mol. The topological polar surface area (TPSA) is 56.2 Å². The number of benzene rings is 1. The van der Waals surface area contributed by atoms with Gasteiger partial charge in [-0.25, -0.2) is 4.98 Å². The standard InChI is InChI=1S/C13H11ClN4/c14-10-5-2-1-4-9(10)8-12-16-13-7-3-6-11(15)18(13)17-12/h1-7H,8,15H2. The zero-order valence-electron chi connectivity index (χ0n) is 9.55. The fraction of sp³-hybridized carbons (Fsp3) is 0.0769. The van der Waals surface area contributed by atoms with Crippen molar-refractivity contribution in [2.24, 2.45) is 0 Å². The van der Waals surface area contributed by atoms with Gasteiger partial charge in [-0.05, 0) is 23.8 Å². The van der Waals surface area contributed by atoms with Crippen molar-refractivity contribution in [3.8, 4) is 0 Å². The van der Waals surface area contributed by atoms with E-state index in [2.05, 4.69) is 10.1 Å². The molecule has 0 spiro atoms. The fourth-order valence-electron chi connectivity index (χ4n) is 1.86. The second-order valence-electron chi connectivity index (χ2n) is 4.02. The van der Waals surface area contributed by atoms with E-state index in [1.165, 1.54) is 0 Å². The SMILES string of the molecule is Nc1cccc2nc(Cc3ccccc3Cl)nn12. The summed E-state index contributed by atoms with van der Waals surface area (Å²) in [5.41, 5.74) is 7.58. The van der Waals surface area contributed by atoms with Crippen LogP contribution in [0.15, 0.2) is 42.5 Å². The summed E-state index contributed by atoms with van der Waals surface area (Å²) < 4.78 is 1.63. The molecule has 0 aliphatic heterocycles. The number of halogens is 1. The Morgan fingerprint density at radius 3 is 2.72 bits per heavy atom. The molecule has 18 heavy (non-hydrogen) atoms. The van der Waals surface area contributed by atoms with Gasteiger partial charge in [-0.1, -0.05) is 35.9 Å². The Hall–Kier alpha value is -2.07. The molecular weight excluding hydrogens is 248 g/mol. The van der Waals surface area contributed by atoms with Crippen LogP contribution in [0.5, 0.6) is 0 Å². The van der Waals surface area contributed by atoms with Gasteiger partial charge in [0.2, 0.25) is 0 Å². The minimum Gasteiger partial charge on any atom is -0.384 e. The van der Waals surface area contributed by atoms with E-state index in [1.54, 1.807) is 10.6 Å². The van der Waals surface area contributed by atoms with Gasteiger partial charge in [0.05, 0.1) is 0 Å². The number of anilines is 1. The molecule has 2 heterocycles. The third kappa shape index (κ3) is 1.91. The molecule has 0 atom stereocenters. The molecule has 2 N–H and O–H groups in total. The first kappa shape index (κ1) is 11.0. The number of rotatable bonds is 2. The summed E-state index contributed by atoms with van der Waals surface area (Å²) >= 11 is 6.12. The number of hydrogen-bond donors (Lipinski definition) is 1. The number of fused-ring (bicyclic) bond motifs is 1. The van der Waals surface area contributed by atoms with Crippen LogP contribution in [-0.4, -0.2) is 14.6 Å². The smallest absolute Gasteiger partial charge is 0.157 e. The first-order valence-electron chi connectivity index (χ1n) is 5.57. The van der Waals surface area contributed by atoms with Gasteiger partial charge in [-0.2, -0.15) is 4.52 Å². The molecule has 5 heteroatoms. The zero-order chi connectivity index (χ0) is 12.5. The molecule has 0 aliphatic rings. The van der Waals surface area contributed by atoms with Gasteiger partial charge < -0.3 is 5.73 Å². The van der Waals surface area contributed by atoms with Crippen molar-refractivity contribution >= 4 is 23.1 Å². The van der Waals surface area contributed by atoms with Crippen LogP contribution >= 0.6 is 11.6 Å². The highest BCUT2D eigenvalue weighted by Crippen LogP contribution is 2.18. The Morgan fingerprint density at radius 1 is 1.11 bits per heavy atom. The van der Waals surface area contributed by atoms with E-state index < -0.39 is 0 Å². The lowest BCUT2D eigenvalue weighted by Gasteiger charge is -1.99. The summed E-state index contributed by atoms with van der Waals surface area (Å²) in [6, 6.07) is 13.2. The van der Waals surface area contributed by atoms with Crippen LogP contribution in [0.4, 0.5) is 5.82 Å². The van der Waals surface area contributed by atoms with Crippen molar-refractivity contribution in [1.29, 1.82) is 0 Å². The van der Waals surface area contributed by atoms with Gasteiger partial charge >= 0.3 is 0 Å². The number of nitrogens with zero attached hydrogens (tertiary/aromatic N) is 3. The Labute approximate surface area is 109 Å². The minimum absolute atomic E-state index is 0.574. The lowest BCUT2D eigenvalue weighted by atomic mass is 10.1. The second kappa shape index (κ2) is 4.31. The average Bonchev–Trinajstić information content (AvgIpc) is 2.76. The molecule has 1 aromatic carbocycles. The molecule has 0 unspecified atom stereocenters. The van der Waals surface area contributed by atoms with E-state index in [1.807, 2.05) is 36.4 Å². The van der Waals surface area contributed by atoms with Crippen LogP contribution in [0.1, 0.15) is 11.4 Å². The van der Waals surface area contributed by atoms with Crippen molar-refractivity contribution in [2.75, 3.05) is 5.73 Å². The second-order valence-corrected chi connectivity index (χ2v) is 4.42. The summed E-state index contributed by atoms with van der Waals surface area (Å²) in [5, 5.41) is 5.10. The van der Waals surface area contributed by atoms with E-state index in [0.29, 0.717) is 18.1 Å². The normalized spacial score (nSPS) is 10.9. The Balaban J connectivity index is 2.01. The van der Waals surface area contributed by atoms with E-state index in [9.17, 15) is 0 Å². The third-order valence-electron chi connectivity index (χ3n) is 2.74. The summed E-state index contributed by atoms with van der Waals surface area (Å²) in [7, 11) is 0. The number of pyridine rings is 1. The summed E-state index contributed by atoms with van der Waals surface area (Å²) in [6.07, 6.45) is 0.598. The van der Waals surface area contributed by atoms with Crippen molar-refractivity contribution in [3.63, 3.8) is 0 Å². The van der Waals surface area contributed by atoms with Gasteiger partial charge in [0.15, 0.2) is 11.5 Å². The first-order chi connectivity index (χ1) is 8.74. The Morgan fingerprint density at radius 2 is 1.94 bits per heavy atom. The number of nitrogen functional groups attached to an aromatic ring is 1. The van der Waals surface area contributed by atoms with Crippen LogP contribution in [0.25, 0.3) is 5.65 Å². The highest BCUT2D eigenvalue weighted by molar-refractivity contribution is 6.31. The highest BCUT2D eigenvalue weighted by Gasteiger charge is 2.08. The summed E-state index contributed by atoms with van der Waals surface area (Å²) in [6.45, 7) is 0. The van der Waals surface area contributed by atoms with Gasteiger partial charge in [-0.3, -0.25) is 0 Å². The number of nitrogens with two attached hydrogens (primary N) is 1. The fourth-order valence-corrected chi connectivity index (χ4v) is 2.06.